The van der Waals surface area contributed by atoms with Crippen molar-refractivity contribution in [2.45, 2.75) is 18.9 Å². The van der Waals surface area contributed by atoms with E-state index in [0.29, 0.717) is 36.7 Å². The molecule has 1 aromatic carbocycles. The van der Waals surface area contributed by atoms with Crippen LogP contribution in [0.2, 0.25) is 0 Å². The lowest BCUT2D eigenvalue weighted by atomic mass is 9.90. The Bertz CT molecular complexity index is 556. The second kappa shape index (κ2) is 4.15. The predicted molar refractivity (Wildman–Crippen MR) is 64.0 cm³/mol. The Morgan fingerprint density at radius 3 is 2.58 bits per heavy atom. The van der Waals surface area contributed by atoms with E-state index in [9.17, 15) is 9.59 Å². The van der Waals surface area contributed by atoms with Crippen LogP contribution in [0.4, 0.5) is 4.79 Å². The molecule has 1 fully saturated rings. The maximum atomic E-state index is 12.0. The normalized spacial score (nSPS) is 24.9. The third kappa shape index (κ3) is 1.71. The molecule has 2 heterocycles. The molecule has 19 heavy (non-hydrogen) atoms. The summed E-state index contributed by atoms with van der Waals surface area (Å²) in [5, 5.41) is 2.17. The Labute approximate surface area is 109 Å². The Kier molecular flexibility index (Phi) is 2.58. The van der Waals surface area contributed by atoms with E-state index < -0.39 is 17.6 Å². The van der Waals surface area contributed by atoms with Crippen molar-refractivity contribution in [3.63, 3.8) is 0 Å². The maximum absolute atomic E-state index is 12.0. The first-order valence-electron chi connectivity index (χ1n) is 6.10. The molecule has 1 N–H and O–H groups in total. The van der Waals surface area contributed by atoms with Gasteiger partial charge in [-0.2, -0.15) is 0 Å². The summed E-state index contributed by atoms with van der Waals surface area (Å²) in [6.45, 7) is 2.75. The average molecular weight is 263 g/mol. The Hall–Kier alpha value is -2.24. The molecule has 1 saturated heterocycles. The number of imide groups is 1. The fourth-order valence-corrected chi connectivity index (χ4v) is 2.35. The van der Waals surface area contributed by atoms with Gasteiger partial charge in [-0.05, 0) is 18.6 Å². The quantitative estimate of drug-likeness (QED) is 0.871. The number of hydrogen-bond donors (Lipinski definition) is 1. The van der Waals surface area contributed by atoms with Crippen molar-refractivity contribution in [2.24, 2.45) is 0 Å². The molecule has 0 spiro atoms. The Morgan fingerprint density at radius 2 is 1.95 bits per heavy atom. The third-order valence-corrected chi connectivity index (χ3v) is 3.36. The van der Waals surface area contributed by atoms with Gasteiger partial charge in [0, 0.05) is 5.56 Å². The molecule has 2 aliphatic rings. The number of carbonyl (C=O) groups excluding carboxylic acids is 2. The highest BCUT2D eigenvalue weighted by Crippen LogP contribution is 2.39. The zero-order valence-electron chi connectivity index (χ0n) is 10.4. The van der Waals surface area contributed by atoms with E-state index in [1.165, 1.54) is 0 Å². The van der Waals surface area contributed by atoms with Gasteiger partial charge in [0.1, 0.15) is 13.2 Å². The second-order valence-corrected chi connectivity index (χ2v) is 4.38. The number of cyclic esters (lactones) is 1. The monoisotopic (exact) mass is 263 g/mol. The third-order valence-electron chi connectivity index (χ3n) is 3.36. The van der Waals surface area contributed by atoms with Crippen molar-refractivity contribution >= 4 is 12.0 Å². The summed E-state index contributed by atoms with van der Waals surface area (Å²) in [5.74, 6) is 0.745. The molecule has 1 atom stereocenters. The highest BCUT2D eigenvalue weighted by atomic mass is 16.6. The second-order valence-electron chi connectivity index (χ2n) is 4.38. The topological polar surface area (TPSA) is 73.9 Å². The van der Waals surface area contributed by atoms with Crippen LogP contribution in [-0.2, 0) is 15.1 Å². The van der Waals surface area contributed by atoms with Gasteiger partial charge < -0.3 is 14.2 Å². The van der Waals surface area contributed by atoms with Crippen molar-refractivity contribution in [2.75, 3.05) is 13.2 Å². The smallest absolute Gasteiger partial charge is 0.415 e. The lowest BCUT2D eigenvalue weighted by Gasteiger charge is -2.25. The first kappa shape index (κ1) is 11.8. The van der Waals surface area contributed by atoms with Gasteiger partial charge in [-0.1, -0.05) is 13.0 Å². The predicted octanol–water partition coefficient (Wildman–Crippen LogP) is 1.33. The van der Waals surface area contributed by atoms with E-state index in [1.54, 1.807) is 25.1 Å². The number of hydrogen-bond acceptors (Lipinski definition) is 5. The molecule has 1 unspecified atom stereocenters. The number of rotatable bonds is 2. The van der Waals surface area contributed by atoms with Crippen molar-refractivity contribution < 1.29 is 23.8 Å². The summed E-state index contributed by atoms with van der Waals surface area (Å²) >= 11 is 0. The van der Waals surface area contributed by atoms with Crippen molar-refractivity contribution in [3.05, 3.63) is 23.8 Å². The van der Waals surface area contributed by atoms with Gasteiger partial charge in [0.2, 0.25) is 5.60 Å². The van der Waals surface area contributed by atoms with Crippen LogP contribution in [0.3, 0.4) is 0 Å². The van der Waals surface area contributed by atoms with Crippen LogP contribution in [0, 0.1) is 0 Å². The standard InChI is InChI=1S/C13H13NO5/c1-2-13(11(15)14-12(16)19-13)8-3-4-9-10(7-8)18-6-5-17-9/h3-4,7H,2,5-6H2,1H3,(H,14,15,16). The Morgan fingerprint density at radius 1 is 1.21 bits per heavy atom. The van der Waals surface area contributed by atoms with Gasteiger partial charge in [0.05, 0.1) is 0 Å². The van der Waals surface area contributed by atoms with Gasteiger partial charge in [0.25, 0.3) is 5.91 Å². The maximum Gasteiger partial charge on any atom is 0.415 e. The number of alkyl carbamates (subject to hydrolysis) is 1. The van der Waals surface area contributed by atoms with Crippen LogP contribution in [0.5, 0.6) is 11.5 Å². The molecular weight excluding hydrogens is 250 g/mol. The van der Waals surface area contributed by atoms with Crippen molar-refractivity contribution in [3.8, 4) is 11.5 Å². The molecule has 0 bridgehead atoms. The number of benzene rings is 1. The van der Waals surface area contributed by atoms with E-state index in [4.69, 9.17) is 14.2 Å². The molecular formula is C13H13NO5. The lowest BCUT2D eigenvalue weighted by Crippen LogP contribution is -2.36. The number of amides is 2. The van der Waals surface area contributed by atoms with Crippen LogP contribution in [0.1, 0.15) is 18.9 Å². The first-order chi connectivity index (χ1) is 9.15. The minimum Gasteiger partial charge on any atom is -0.486 e. The van der Waals surface area contributed by atoms with Crippen LogP contribution in [0.25, 0.3) is 0 Å². The van der Waals surface area contributed by atoms with Crippen LogP contribution < -0.4 is 14.8 Å². The molecule has 0 saturated carbocycles. The zero-order valence-corrected chi connectivity index (χ0v) is 10.4. The van der Waals surface area contributed by atoms with E-state index >= 15 is 0 Å². The van der Waals surface area contributed by atoms with Gasteiger partial charge in [0.15, 0.2) is 11.5 Å². The van der Waals surface area contributed by atoms with E-state index in [2.05, 4.69) is 5.32 Å². The highest BCUT2D eigenvalue weighted by Gasteiger charge is 2.49. The van der Waals surface area contributed by atoms with Crippen molar-refractivity contribution in [1.82, 2.24) is 5.32 Å². The lowest BCUT2D eigenvalue weighted by molar-refractivity contribution is -0.132. The van der Waals surface area contributed by atoms with E-state index in [-0.39, 0.29) is 0 Å². The molecule has 1 aromatic rings. The van der Waals surface area contributed by atoms with E-state index in [1.807, 2.05) is 0 Å². The van der Waals surface area contributed by atoms with Crippen LogP contribution in [0.15, 0.2) is 18.2 Å². The Balaban J connectivity index is 2.05. The number of fused-ring (bicyclic) bond motifs is 1. The average Bonchev–Trinajstić information content (AvgIpc) is 2.73. The van der Waals surface area contributed by atoms with Crippen LogP contribution >= 0.6 is 0 Å². The molecule has 0 aromatic heterocycles. The zero-order chi connectivity index (χ0) is 13.5. The summed E-state index contributed by atoms with van der Waals surface area (Å²) in [6, 6.07) is 5.13. The summed E-state index contributed by atoms with van der Waals surface area (Å²) in [7, 11) is 0. The molecule has 6 nitrogen and oxygen atoms in total. The largest absolute Gasteiger partial charge is 0.486 e. The van der Waals surface area contributed by atoms with Gasteiger partial charge >= 0.3 is 6.09 Å². The fraction of sp³-hybridized carbons (Fsp3) is 0.385. The molecule has 2 aliphatic heterocycles. The SMILES string of the molecule is CCC1(c2ccc3c(c2)OCCO3)OC(=O)NC1=O. The van der Waals surface area contributed by atoms with E-state index in [0.717, 1.165) is 0 Å². The summed E-state index contributed by atoms with van der Waals surface area (Å²) in [5.41, 5.74) is -0.685. The van der Waals surface area contributed by atoms with Gasteiger partial charge in [-0.3, -0.25) is 10.1 Å². The minimum absolute atomic E-state index is 0.351. The highest BCUT2D eigenvalue weighted by molar-refractivity contribution is 6.03. The first-order valence-corrected chi connectivity index (χ1v) is 6.10. The molecule has 0 aliphatic carbocycles. The molecule has 2 amide bonds. The number of ether oxygens (including phenoxy) is 3. The summed E-state index contributed by atoms with van der Waals surface area (Å²) in [6.07, 6.45) is -0.369. The molecule has 6 heteroatoms. The van der Waals surface area contributed by atoms with Gasteiger partial charge in [-0.25, -0.2) is 4.79 Å². The number of carbonyl (C=O) groups is 2. The van der Waals surface area contributed by atoms with Crippen LogP contribution in [-0.4, -0.2) is 25.2 Å². The van der Waals surface area contributed by atoms with Crippen molar-refractivity contribution in [1.29, 1.82) is 0 Å². The fourth-order valence-electron chi connectivity index (χ4n) is 2.35. The molecule has 0 radical (unpaired) electrons. The summed E-state index contributed by atoms with van der Waals surface area (Å²) < 4.78 is 16.1. The van der Waals surface area contributed by atoms with Gasteiger partial charge in [-0.15, -0.1) is 0 Å². The minimum atomic E-state index is -1.27. The summed E-state index contributed by atoms with van der Waals surface area (Å²) in [4.78, 5) is 23.3. The molecule has 100 valence electrons. The molecule has 3 rings (SSSR count). The number of nitrogens with one attached hydrogen (secondary N) is 1.